The van der Waals surface area contributed by atoms with E-state index in [-0.39, 0.29) is 5.69 Å². The molecule has 1 aromatic carbocycles. The summed E-state index contributed by atoms with van der Waals surface area (Å²) in [5.41, 5.74) is 2.52. The summed E-state index contributed by atoms with van der Waals surface area (Å²) >= 11 is 0. The van der Waals surface area contributed by atoms with Gasteiger partial charge in [0.05, 0.1) is 23.6 Å². The molecule has 4 rings (SSSR count). The van der Waals surface area contributed by atoms with E-state index in [1.165, 1.54) is 7.05 Å². The summed E-state index contributed by atoms with van der Waals surface area (Å²) in [6.07, 6.45) is -1.04. The lowest BCUT2D eigenvalue weighted by Crippen LogP contribution is -2.11. The largest absolute Gasteiger partial charge is 0.462 e. The lowest BCUT2D eigenvalue weighted by Gasteiger charge is -2.04. The number of carbonyl (C=O) groups is 1. The van der Waals surface area contributed by atoms with Crippen LogP contribution < -0.4 is 0 Å². The molecular weight excluding hydrogens is 397 g/mol. The molecule has 0 radical (unpaired) electrons. The Hall–Kier alpha value is -3.62. The maximum absolute atomic E-state index is 13.0. The summed E-state index contributed by atoms with van der Waals surface area (Å²) in [5, 5.41) is 3.96. The summed E-state index contributed by atoms with van der Waals surface area (Å²) in [5.74, 6) is -0.410. The fourth-order valence-corrected chi connectivity index (χ4v) is 3.15. The molecule has 0 unspecified atom stereocenters. The van der Waals surface area contributed by atoms with E-state index >= 15 is 0 Å². The van der Waals surface area contributed by atoms with Gasteiger partial charge in [0.25, 0.3) is 0 Å². The minimum Gasteiger partial charge on any atom is -0.462 e. The summed E-state index contributed by atoms with van der Waals surface area (Å²) in [4.78, 5) is 16.4. The Morgan fingerprint density at radius 2 is 1.70 bits per heavy atom. The summed E-state index contributed by atoms with van der Waals surface area (Å²) < 4.78 is 46.5. The maximum Gasteiger partial charge on any atom is 0.433 e. The second kappa shape index (κ2) is 7.33. The second-order valence-corrected chi connectivity index (χ2v) is 6.64. The zero-order valence-electron chi connectivity index (χ0n) is 16.1. The van der Waals surface area contributed by atoms with Crippen molar-refractivity contribution in [3.63, 3.8) is 0 Å². The number of aryl methyl sites for hydroxylation is 1. The van der Waals surface area contributed by atoms with Crippen molar-refractivity contribution in [1.29, 1.82) is 0 Å². The van der Waals surface area contributed by atoms with E-state index in [4.69, 9.17) is 4.74 Å². The van der Waals surface area contributed by atoms with Crippen LogP contribution in [-0.4, -0.2) is 31.7 Å². The zero-order chi connectivity index (χ0) is 21.5. The number of carbonyl (C=O) groups excluding carboxylic acids is 1. The van der Waals surface area contributed by atoms with Crippen LogP contribution in [0.1, 0.15) is 23.0 Å². The Labute approximate surface area is 169 Å². The van der Waals surface area contributed by atoms with Crippen LogP contribution in [0, 0.1) is 0 Å². The van der Waals surface area contributed by atoms with Crippen molar-refractivity contribution in [2.45, 2.75) is 13.1 Å². The van der Waals surface area contributed by atoms with Gasteiger partial charge in [0.15, 0.2) is 0 Å². The molecule has 0 saturated heterocycles. The van der Waals surface area contributed by atoms with Gasteiger partial charge in [-0.25, -0.2) is 9.78 Å². The van der Waals surface area contributed by atoms with Gasteiger partial charge in [0.1, 0.15) is 11.3 Å². The number of rotatable bonds is 4. The molecule has 3 aromatic heterocycles. The van der Waals surface area contributed by atoms with Crippen LogP contribution in [0.3, 0.4) is 0 Å². The third-order valence-electron chi connectivity index (χ3n) is 4.61. The first kappa shape index (κ1) is 19.7. The minimum absolute atomic E-state index is 0.241. The van der Waals surface area contributed by atoms with E-state index in [2.05, 4.69) is 10.1 Å². The normalized spacial score (nSPS) is 11.8. The highest BCUT2D eigenvalue weighted by Gasteiger charge is 2.35. The molecule has 0 bridgehead atoms. The highest BCUT2D eigenvalue weighted by molar-refractivity contribution is 5.89. The van der Waals surface area contributed by atoms with Crippen LogP contribution in [0.2, 0.25) is 0 Å². The number of alkyl halides is 3. The maximum atomic E-state index is 13.0. The zero-order valence-corrected chi connectivity index (χ0v) is 16.1. The van der Waals surface area contributed by atoms with Crippen molar-refractivity contribution in [2.24, 2.45) is 7.05 Å². The molecule has 0 saturated carbocycles. The molecule has 0 aliphatic rings. The van der Waals surface area contributed by atoms with Crippen LogP contribution in [0.5, 0.6) is 0 Å². The molecule has 0 aliphatic carbocycles. The molecule has 9 heteroatoms. The van der Waals surface area contributed by atoms with E-state index in [9.17, 15) is 18.0 Å². The first-order valence-electron chi connectivity index (χ1n) is 9.14. The fraction of sp³-hybridized carbons (Fsp3) is 0.190. The van der Waals surface area contributed by atoms with Crippen LogP contribution >= 0.6 is 0 Å². The summed E-state index contributed by atoms with van der Waals surface area (Å²) in [7, 11) is 1.27. The van der Waals surface area contributed by atoms with E-state index in [1.807, 2.05) is 0 Å². The topological polar surface area (TPSA) is 61.4 Å². The standard InChI is InChI=1S/C21H17F3N4O2/c1-3-30-20(29)15-8-9-19-25-17(12-28(19)11-15)14-6-4-13(5-7-14)16-10-18(21(22,23)24)27(2)26-16/h4-12H,3H2,1-2H3. The summed E-state index contributed by atoms with van der Waals surface area (Å²) in [6.45, 7) is 2.03. The Balaban J connectivity index is 1.63. The average Bonchev–Trinajstić information content (AvgIpc) is 3.31. The molecule has 4 aromatic rings. The minimum atomic E-state index is -4.46. The number of halogens is 3. The van der Waals surface area contributed by atoms with Crippen LogP contribution in [0.25, 0.3) is 28.2 Å². The van der Waals surface area contributed by atoms with E-state index < -0.39 is 17.8 Å². The van der Waals surface area contributed by atoms with Gasteiger partial charge < -0.3 is 9.14 Å². The predicted molar refractivity (Wildman–Crippen MR) is 104 cm³/mol. The molecule has 3 heterocycles. The molecule has 0 spiro atoms. The van der Waals surface area contributed by atoms with Crippen molar-refractivity contribution in [3.8, 4) is 22.5 Å². The Bertz CT molecular complexity index is 1220. The van der Waals surface area contributed by atoms with Crippen molar-refractivity contribution in [1.82, 2.24) is 19.2 Å². The molecule has 30 heavy (non-hydrogen) atoms. The number of esters is 1. The lowest BCUT2D eigenvalue weighted by atomic mass is 10.1. The van der Waals surface area contributed by atoms with Gasteiger partial charge >= 0.3 is 12.1 Å². The Morgan fingerprint density at radius 3 is 2.30 bits per heavy atom. The molecular formula is C21H17F3N4O2. The SMILES string of the molecule is CCOC(=O)c1ccc2nc(-c3ccc(-c4cc(C(F)(F)F)n(C)n4)cc3)cn2c1. The molecule has 0 amide bonds. The van der Waals surface area contributed by atoms with E-state index in [0.29, 0.717) is 29.1 Å². The first-order valence-corrected chi connectivity index (χ1v) is 9.14. The molecule has 0 aliphatic heterocycles. The number of imidazole rings is 1. The van der Waals surface area contributed by atoms with Gasteiger partial charge in [-0.05, 0) is 25.1 Å². The Morgan fingerprint density at radius 1 is 1.03 bits per heavy atom. The lowest BCUT2D eigenvalue weighted by molar-refractivity contribution is -0.143. The molecule has 0 fully saturated rings. The van der Waals surface area contributed by atoms with Gasteiger partial charge in [-0.3, -0.25) is 4.68 Å². The third kappa shape index (κ3) is 3.66. The van der Waals surface area contributed by atoms with Crippen molar-refractivity contribution < 1.29 is 22.7 Å². The van der Waals surface area contributed by atoms with Crippen molar-refractivity contribution >= 4 is 11.6 Å². The number of ether oxygens (including phenoxy) is 1. The number of nitrogens with zero attached hydrogens (tertiary/aromatic N) is 4. The van der Waals surface area contributed by atoms with Gasteiger partial charge in [0, 0.05) is 30.6 Å². The van der Waals surface area contributed by atoms with Gasteiger partial charge in [-0.1, -0.05) is 24.3 Å². The van der Waals surface area contributed by atoms with Gasteiger partial charge in [-0.15, -0.1) is 0 Å². The van der Waals surface area contributed by atoms with Crippen LogP contribution in [-0.2, 0) is 18.0 Å². The first-order chi connectivity index (χ1) is 14.3. The van der Waals surface area contributed by atoms with E-state index in [0.717, 1.165) is 16.3 Å². The molecule has 0 N–H and O–H groups in total. The quantitative estimate of drug-likeness (QED) is 0.458. The van der Waals surface area contributed by atoms with Crippen LogP contribution in [0.15, 0.2) is 54.9 Å². The van der Waals surface area contributed by atoms with E-state index in [1.54, 1.807) is 60.1 Å². The number of benzene rings is 1. The molecule has 154 valence electrons. The average molecular weight is 414 g/mol. The number of hydrogen-bond donors (Lipinski definition) is 0. The number of pyridine rings is 1. The highest BCUT2D eigenvalue weighted by Crippen LogP contribution is 2.32. The second-order valence-electron chi connectivity index (χ2n) is 6.64. The number of aromatic nitrogens is 4. The fourth-order valence-electron chi connectivity index (χ4n) is 3.15. The Kier molecular flexibility index (Phi) is 4.81. The van der Waals surface area contributed by atoms with Gasteiger partial charge in [0.2, 0.25) is 0 Å². The highest BCUT2D eigenvalue weighted by atomic mass is 19.4. The number of fused-ring (bicyclic) bond motifs is 1. The smallest absolute Gasteiger partial charge is 0.433 e. The monoisotopic (exact) mass is 414 g/mol. The number of hydrogen-bond acceptors (Lipinski definition) is 4. The third-order valence-corrected chi connectivity index (χ3v) is 4.61. The van der Waals surface area contributed by atoms with Gasteiger partial charge in [-0.2, -0.15) is 18.3 Å². The molecule has 6 nitrogen and oxygen atoms in total. The molecule has 0 atom stereocenters. The van der Waals surface area contributed by atoms with Crippen LogP contribution in [0.4, 0.5) is 13.2 Å². The van der Waals surface area contributed by atoms with Crippen molar-refractivity contribution in [3.05, 3.63) is 66.1 Å². The summed E-state index contributed by atoms with van der Waals surface area (Å²) in [6, 6.07) is 11.3. The van der Waals surface area contributed by atoms with Crippen molar-refractivity contribution in [2.75, 3.05) is 6.61 Å². The predicted octanol–water partition coefficient (Wildman–Crippen LogP) is 4.60.